The average Bonchev–Trinajstić information content (AvgIpc) is 4.03. The molecule has 4 nitrogen and oxygen atoms in total. The molecule has 4 aliphatic carbocycles. The predicted octanol–water partition coefficient (Wildman–Crippen LogP) is 12.0. The first-order chi connectivity index (χ1) is 28.1. The first-order valence-corrected chi connectivity index (χ1v) is 19.2. The van der Waals surface area contributed by atoms with Crippen molar-refractivity contribution in [1.82, 2.24) is 18.3 Å². The van der Waals surface area contributed by atoms with E-state index in [0.29, 0.717) is 34.9 Å². The maximum atomic E-state index is 14.3. The summed E-state index contributed by atoms with van der Waals surface area (Å²) < 4.78 is 142. The molecule has 0 aliphatic heterocycles. The van der Waals surface area contributed by atoms with Gasteiger partial charge in [0.15, 0.2) is 0 Å². The molecular weight excluding hydrogens is 799 g/mol. The van der Waals surface area contributed by atoms with Crippen LogP contribution in [0.15, 0.2) is 60.7 Å². The lowest BCUT2D eigenvalue weighted by molar-refractivity contribution is -0.291. The molecule has 0 atom stereocenters. The minimum absolute atomic E-state index is 0.293. The number of nitrogens with zero attached hydrogens (tertiary/aromatic N) is 4. The molecule has 0 radical (unpaired) electrons. The van der Waals surface area contributed by atoms with Gasteiger partial charge < -0.3 is 18.3 Å². The number of benzene rings is 3. The van der Waals surface area contributed by atoms with E-state index >= 15 is 0 Å². The Morgan fingerprint density at radius 3 is 1.02 bits per heavy atom. The molecule has 4 heterocycles. The van der Waals surface area contributed by atoms with Crippen LogP contribution < -0.4 is 0 Å². The highest BCUT2D eigenvalue weighted by atomic mass is 19.4. The number of alkyl halides is 10. The normalized spacial score (nSPS) is 15.8. The lowest BCUT2D eigenvalue weighted by Crippen LogP contribution is -2.35. The van der Waals surface area contributed by atoms with E-state index in [1.165, 1.54) is 47.5 Å². The van der Waals surface area contributed by atoms with E-state index < -0.39 is 35.6 Å². The predicted molar refractivity (Wildman–Crippen MR) is 210 cm³/mol. The molecule has 0 saturated heterocycles. The van der Waals surface area contributed by atoms with Crippen LogP contribution in [0.3, 0.4) is 0 Å². The van der Waals surface area contributed by atoms with Crippen LogP contribution in [-0.2, 0) is 65.7 Å². The number of hydrogen-bond acceptors (Lipinski definition) is 0. The molecule has 0 fully saturated rings. The standard InChI is InChI=1S/C46H32F10N4/c1-57-35(17-37-39(57)19-41(59(37)3)43(47,48)45(51,52)53)29-7-21-5-25-11-27-16-34-28(15-33(27)31(25)13-23(21)9-29)12-26-6-22-8-30(10-24(22)14-32(26)34)36-18-38-40(58(36)2)20-42(60(38)4)44(49,50)46(54,55)56/h5-8,13-20H,9-12H2,1-4H3. The van der Waals surface area contributed by atoms with Gasteiger partial charge in [-0.15, -0.1) is 0 Å². The van der Waals surface area contributed by atoms with Crippen molar-refractivity contribution < 1.29 is 43.9 Å². The molecule has 4 aliphatic rings. The smallest absolute Gasteiger partial charge is 0.343 e. The van der Waals surface area contributed by atoms with Crippen molar-refractivity contribution in [1.29, 1.82) is 0 Å². The quantitative estimate of drug-likeness (QED) is 0.158. The Morgan fingerprint density at radius 2 is 0.683 bits per heavy atom. The second-order valence-corrected chi connectivity index (χ2v) is 16.7. The summed E-state index contributed by atoms with van der Waals surface area (Å²) >= 11 is 0. The van der Waals surface area contributed by atoms with E-state index in [0.717, 1.165) is 90.0 Å². The molecule has 0 unspecified atom stereocenters. The fourth-order valence-corrected chi connectivity index (χ4v) is 10.2. The molecule has 0 amide bonds. The van der Waals surface area contributed by atoms with Crippen LogP contribution in [0.4, 0.5) is 43.9 Å². The number of allylic oxidation sites excluding steroid dienone is 2. The molecule has 3 aromatic carbocycles. The van der Waals surface area contributed by atoms with Gasteiger partial charge in [0.25, 0.3) is 0 Å². The Hall–Kier alpha value is -5.92. The van der Waals surface area contributed by atoms with Crippen molar-refractivity contribution in [2.45, 2.75) is 49.9 Å². The highest BCUT2D eigenvalue weighted by Crippen LogP contribution is 2.51. The SMILES string of the molecule is Cn1c(C2=Cc3cc4c(cc3C2)-c2cc3c(cc2C4)-c2cc4c(cc2C3)C=C(c2cc3c(cc(C(F)(F)C(F)(F)F)n3C)n2C)C4)cc2c1cc(C(F)(F)C(F)(F)F)n2C. The summed E-state index contributed by atoms with van der Waals surface area (Å²) in [5.74, 6) is -9.97. The van der Waals surface area contributed by atoms with Gasteiger partial charge in [-0.25, -0.2) is 0 Å². The first-order valence-electron chi connectivity index (χ1n) is 19.2. The number of rotatable bonds is 4. The highest BCUT2D eigenvalue weighted by molar-refractivity contribution is 5.97. The number of aryl methyl sites for hydroxylation is 4. The lowest BCUT2D eigenvalue weighted by atomic mass is 9.95. The van der Waals surface area contributed by atoms with Crippen LogP contribution in [0.2, 0.25) is 0 Å². The fourth-order valence-electron chi connectivity index (χ4n) is 10.2. The molecule has 0 spiro atoms. The summed E-state index contributed by atoms with van der Waals surface area (Å²) in [6.45, 7) is 0. The van der Waals surface area contributed by atoms with Crippen molar-refractivity contribution in [3.05, 3.63) is 128 Å². The van der Waals surface area contributed by atoms with Crippen LogP contribution in [0.5, 0.6) is 0 Å². The molecule has 0 bridgehead atoms. The summed E-state index contributed by atoms with van der Waals surface area (Å²) in [6, 6.07) is 18.6. The lowest BCUT2D eigenvalue weighted by Gasteiger charge is -2.20. The van der Waals surface area contributed by atoms with Crippen molar-refractivity contribution in [3.63, 3.8) is 0 Å². The third-order valence-corrected chi connectivity index (χ3v) is 13.3. The molecule has 60 heavy (non-hydrogen) atoms. The van der Waals surface area contributed by atoms with Crippen LogP contribution in [-0.4, -0.2) is 30.6 Å². The summed E-state index contributed by atoms with van der Waals surface area (Å²) in [4.78, 5) is 0. The zero-order valence-electron chi connectivity index (χ0n) is 32.3. The Bertz CT molecular complexity index is 2960. The topological polar surface area (TPSA) is 19.7 Å². The summed E-state index contributed by atoms with van der Waals surface area (Å²) in [5, 5.41) is 0. The number of fused-ring (bicyclic) bond motifs is 10. The van der Waals surface area contributed by atoms with Crippen LogP contribution in [0.1, 0.15) is 67.3 Å². The van der Waals surface area contributed by atoms with E-state index in [-0.39, 0.29) is 0 Å². The summed E-state index contributed by atoms with van der Waals surface area (Å²) in [5.41, 5.74) is 16.2. The molecule has 0 saturated carbocycles. The van der Waals surface area contributed by atoms with Gasteiger partial charge in [0.2, 0.25) is 0 Å². The van der Waals surface area contributed by atoms with E-state index in [2.05, 4.69) is 48.6 Å². The Morgan fingerprint density at radius 1 is 0.367 bits per heavy atom. The van der Waals surface area contributed by atoms with E-state index in [1.807, 2.05) is 0 Å². The molecule has 7 aromatic rings. The Kier molecular flexibility index (Phi) is 7.09. The second kappa shape index (κ2) is 11.5. The van der Waals surface area contributed by atoms with Gasteiger partial charge >= 0.3 is 24.2 Å². The van der Waals surface area contributed by atoms with Gasteiger partial charge in [-0.05, 0) is 151 Å². The van der Waals surface area contributed by atoms with Gasteiger partial charge in [0.05, 0.1) is 33.5 Å². The maximum absolute atomic E-state index is 14.3. The molecule has 11 rings (SSSR count). The minimum atomic E-state index is -5.71. The monoisotopic (exact) mass is 830 g/mol. The van der Waals surface area contributed by atoms with Crippen LogP contribution >= 0.6 is 0 Å². The summed E-state index contributed by atoms with van der Waals surface area (Å²) in [6.07, 6.45) is -4.64. The van der Waals surface area contributed by atoms with Gasteiger partial charge in [-0.1, -0.05) is 12.1 Å². The Labute approximate surface area is 335 Å². The average molecular weight is 831 g/mol. The minimum Gasteiger partial charge on any atom is -0.343 e. The molecule has 306 valence electrons. The van der Waals surface area contributed by atoms with Crippen molar-refractivity contribution in [3.8, 4) is 22.3 Å². The van der Waals surface area contributed by atoms with Crippen LogP contribution in [0, 0.1) is 0 Å². The van der Waals surface area contributed by atoms with Gasteiger partial charge in [0, 0.05) is 52.4 Å². The maximum Gasteiger partial charge on any atom is 0.459 e. The largest absolute Gasteiger partial charge is 0.459 e. The number of hydrogen-bond donors (Lipinski definition) is 0. The molecular formula is C46H32F10N4. The van der Waals surface area contributed by atoms with Crippen molar-refractivity contribution >= 4 is 45.4 Å². The van der Waals surface area contributed by atoms with Gasteiger partial charge in [0.1, 0.15) is 0 Å². The zero-order chi connectivity index (χ0) is 42.3. The van der Waals surface area contributed by atoms with Gasteiger partial charge in [-0.2, -0.15) is 43.9 Å². The van der Waals surface area contributed by atoms with E-state index in [4.69, 9.17) is 0 Å². The highest BCUT2D eigenvalue weighted by Gasteiger charge is 2.61. The Balaban J connectivity index is 0.854. The molecule has 4 aromatic heterocycles. The third kappa shape index (κ3) is 4.81. The fraction of sp³-hybridized carbons (Fsp3) is 0.261. The van der Waals surface area contributed by atoms with Crippen molar-refractivity contribution in [2.75, 3.05) is 0 Å². The zero-order valence-corrected chi connectivity index (χ0v) is 32.3. The van der Waals surface area contributed by atoms with Crippen LogP contribution in [0.25, 0.3) is 67.6 Å². The third-order valence-electron chi connectivity index (χ3n) is 13.3. The number of halogens is 10. The second-order valence-electron chi connectivity index (χ2n) is 16.7. The summed E-state index contributed by atoms with van der Waals surface area (Å²) in [7, 11) is 5.81. The molecule has 0 N–H and O–H groups in total. The van der Waals surface area contributed by atoms with Crippen molar-refractivity contribution in [2.24, 2.45) is 28.2 Å². The number of aromatic nitrogens is 4. The van der Waals surface area contributed by atoms with Gasteiger partial charge in [-0.3, -0.25) is 0 Å². The van der Waals surface area contributed by atoms with E-state index in [1.54, 1.807) is 35.4 Å². The molecule has 14 heteroatoms. The first kappa shape index (κ1) is 37.1. The van der Waals surface area contributed by atoms with E-state index in [9.17, 15) is 43.9 Å².